The Balaban J connectivity index is 2.13. The number of rotatable bonds is 9. The lowest BCUT2D eigenvalue weighted by atomic mass is 10.1. The van der Waals surface area contributed by atoms with Crippen LogP contribution in [0.1, 0.15) is 28.9 Å². The first kappa shape index (κ1) is 24.0. The molecule has 0 radical (unpaired) electrons. The zero-order chi connectivity index (χ0) is 22.5. The molecule has 11 heteroatoms. The number of primary sulfonamides is 1. The van der Waals surface area contributed by atoms with Crippen molar-refractivity contribution >= 4 is 26.0 Å². The molecule has 164 valence electrons. The van der Waals surface area contributed by atoms with E-state index in [1.165, 1.54) is 48.4 Å². The second-order valence-electron chi connectivity index (χ2n) is 6.62. The maximum Gasteiger partial charge on any atom is 0.254 e. The summed E-state index contributed by atoms with van der Waals surface area (Å²) in [7, 11) is -4.39. The van der Waals surface area contributed by atoms with Gasteiger partial charge in [-0.1, -0.05) is 12.1 Å². The maximum atomic E-state index is 12.8. The quantitative estimate of drug-likeness (QED) is 0.543. The summed E-state index contributed by atoms with van der Waals surface area (Å²) in [6.45, 7) is 2.18. The lowest BCUT2D eigenvalue weighted by molar-refractivity contribution is 0.0742. The normalized spacial score (nSPS) is 13.1. The lowest BCUT2D eigenvalue weighted by Crippen LogP contribution is -2.30. The molecule has 0 saturated heterocycles. The molecule has 0 aromatic heterocycles. The largest absolute Gasteiger partial charge is 0.383 e. The third kappa shape index (κ3) is 5.86. The molecule has 2 aromatic carbocycles. The summed E-state index contributed by atoms with van der Waals surface area (Å²) in [6, 6.07) is 11.2. The average molecular weight is 456 g/mol. The Morgan fingerprint density at radius 1 is 1.03 bits per heavy atom. The highest BCUT2D eigenvalue weighted by molar-refractivity contribution is 7.89. The van der Waals surface area contributed by atoms with E-state index in [0.717, 1.165) is 5.56 Å². The number of ether oxygens (including phenoxy) is 1. The number of nitrogens with zero attached hydrogens (tertiary/aromatic N) is 1. The van der Waals surface area contributed by atoms with Gasteiger partial charge in [-0.2, -0.15) is 0 Å². The fourth-order valence-electron chi connectivity index (χ4n) is 2.68. The number of hydrogen-bond acceptors (Lipinski definition) is 6. The molecule has 0 bridgehead atoms. The van der Waals surface area contributed by atoms with Crippen molar-refractivity contribution in [3.05, 3.63) is 59.7 Å². The number of nitrogens with two attached hydrogens (primary N) is 1. The highest BCUT2D eigenvalue weighted by atomic mass is 32.2. The summed E-state index contributed by atoms with van der Waals surface area (Å²) >= 11 is 0. The van der Waals surface area contributed by atoms with Gasteiger partial charge < -0.3 is 9.64 Å². The van der Waals surface area contributed by atoms with Crippen molar-refractivity contribution in [2.75, 3.05) is 27.3 Å². The number of sulfonamides is 2. The van der Waals surface area contributed by atoms with E-state index in [9.17, 15) is 21.6 Å². The molecule has 0 spiro atoms. The predicted octanol–water partition coefficient (Wildman–Crippen LogP) is 1.09. The highest BCUT2D eigenvalue weighted by Crippen LogP contribution is 2.22. The van der Waals surface area contributed by atoms with Crippen LogP contribution in [0, 0.1) is 0 Å². The summed E-state index contributed by atoms with van der Waals surface area (Å²) in [5.41, 5.74) is 1.04. The summed E-state index contributed by atoms with van der Waals surface area (Å²) in [6.07, 6.45) is 0. The Morgan fingerprint density at radius 2 is 1.57 bits per heavy atom. The first-order valence-electron chi connectivity index (χ1n) is 8.96. The predicted molar refractivity (Wildman–Crippen MR) is 112 cm³/mol. The summed E-state index contributed by atoms with van der Waals surface area (Å²) in [4.78, 5) is 14.3. The van der Waals surface area contributed by atoms with Gasteiger partial charge in [-0.05, 0) is 48.9 Å². The van der Waals surface area contributed by atoms with Gasteiger partial charge in [0, 0.05) is 26.3 Å². The molecule has 1 unspecified atom stereocenters. The average Bonchev–Trinajstić information content (AvgIpc) is 2.72. The van der Waals surface area contributed by atoms with Gasteiger partial charge in [0.15, 0.2) is 0 Å². The molecule has 0 aliphatic heterocycles. The molecule has 3 N–H and O–H groups in total. The van der Waals surface area contributed by atoms with Crippen molar-refractivity contribution in [1.82, 2.24) is 9.62 Å². The first-order chi connectivity index (χ1) is 14.0. The number of carbonyl (C=O) groups excluding carboxylic acids is 1. The van der Waals surface area contributed by atoms with Crippen LogP contribution in [-0.2, 0) is 24.8 Å². The van der Waals surface area contributed by atoms with Crippen LogP contribution in [-0.4, -0.2) is 55.0 Å². The summed E-state index contributed by atoms with van der Waals surface area (Å²) in [5.74, 6) is -0.311. The molecule has 0 saturated carbocycles. The van der Waals surface area contributed by atoms with Crippen LogP contribution in [0.3, 0.4) is 0 Å². The number of carbonyl (C=O) groups is 1. The van der Waals surface area contributed by atoms with E-state index in [4.69, 9.17) is 9.88 Å². The Kier molecular flexibility index (Phi) is 7.72. The van der Waals surface area contributed by atoms with Gasteiger partial charge in [-0.15, -0.1) is 0 Å². The van der Waals surface area contributed by atoms with E-state index in [0.29, 0.717) is 5.56 Å². The molecule has 0 aliphatic rings. The molecule has 0 heterocycles. The lowest BCUT2D eigenvalue weighted by Gasteiger charge is -2.25. The zero-order valence-corrected chi connectivity index (χ0v) is 18.5. The van der Waals surface area contributed by atoms with E-state index < -0.39 is 20.0 Å². The molecular formula is C19H25N3O6S2. The Morgan fingerprint density at radius 3 is 2.07 bits per heavy atom. The van der Waals surface area contributed by atoms with Crippen LogP contribution < -0.4 is 9.86 Å². The molecule has 1 atom stereocenters. The van der Waals surface area contributed by atoms with Gasteiger partial charge in [0.05, 0.1) is 22.4 Å². The van der Waals surface area contributed by atoms with Gasteiger partial charge in [0.2, 0.25) is 20.0 Å². The van der Waals surface area contributed by atoms with Crippen molar-refractivity contribution in [3.8, 4) is 0 Å². The van der Waals surface area contributed by atoms with Crippen LogP contribution in [0.25, 0.3) is 0 Å². The number of hydrogen-bond donors (Lipinski definition) is 2. The zero-order valence-electron chi connectivity index (χ0n) is 16.9. The maximum absolute atomic E-state index is 12.8. The van der Waals surface area contributed by atoms with Gasteiger partial charge in [-0.25, -0.2) is 26.7 Å². The molecule has 0 fully saturated rings. The Bertz CT molecular complexity index is 1080. The minimum absolute atomic E-state index is 0.0108. The summed E-state index contributed by atoms with van der Waals surface area (Å²) < 4.78 is 54.4. The molecule has 30 heavy (non-hydrogen) atoms. The third-order valence-corrected chi connectivity index (χ3v) is 7.01. The fraction of sp³-hybridized carbons (Fsp3) is 0.316. The van der Waals surface area contributed by atoms with Gasteiger partial charge in [0.25, 0.3) is 5.91 Å². The Hall–Kier alpha value is -2.31. The topological polar surface area (TPSA) is 136 Å². The van der Waals surface area contributed by atoms with Crippen molar-refractivity contribution in [1.29, 1.82) is 0 Å². The molecule has 2 aromatic rings. The highest BCUT2D eigenvalue weighted by Gasteiger charge is 2.21. The molecule has 9 nitrogen and oxygen atoms in total. The molecule has 0 aliphatic carbocycles. The Labute approximate surface area is 176 Å². The third-order valence-electron chi connectivity index (χ3n) is 4.60. The second-order valence-corrected chi connectivity index (χ2v) is 9.95. The van der Waals surface area contributed by atoms with Crippen LogP contribution >= 0.6 is 0 Å². The first-order valence-corrected chi connectivity index (χ1v) is 12.0. The monoisotopic (exact) mass is 455 g/mol. The fourth-order valence-corrected chi connectivity index (χ4v) is 4.21. The van der Waals surface area contributed by atoms with E-state index in [1.807, 2.05) is 0 Å². The van der Waals surface area contributed by atoms with Crippen LogP contribution in [0.2, 0.25) is 0 Å². The van der Waals surface area contributed by atoms with E-state index in [-0.39, 0.29) is 34.9 Å². The van der Waals surface area contributed by atoms with Gasteiger partial charge in [0.1, 0.15) is 0 Å². The van der Waals surface area contributed by atoms with Crippen molar-refractivity contribution in [2.24, 2.45) is 5.14 Å². The van der Waals surface area contributed by atoms with E-state index >= 15 is 0 Å². The molecular weight excluding hydrogens is 430 g/mol. The summed E-state index contributed by atoms with van der Waals surface area (Å²) in [5, 5.41) is 5.10. The number of nitrogens with one attached hydrogen (secondary N) is 1. The number of methoxy groups -OCH3 is 1. The van der Waals surface area contributed by atoms with Gasteiger partial charge >= 0.3 is 0 Å². The van der Waals surface area contributed by atoms with Crippen molar-refractivity contribution in [3.63, 3.8) is 0 Å². The SMILES string of the molecule is COCCNS(=O)(=O)c1ccc(C(=O)N(C)C(C)c2ccc(S(N)(=O)=O)cc2)cc1. The smallest absolute Gasteiger partial charge is 0.254 e. The van der Waals surface area contributed by atoms with Crippen molar-refractivity contribution < 1.29 is 26.4 Å². The standard InChI is InChI=1S/C19H25N3O6S2/c1-14(15-4-8-17(9-5-15)29(20,24)25)22(2)19(23)16-6-10-18(11-7-16)30(26,27)21-12-13-28-3/h4-11,14,21H,12-13H2,1-3H3,(H2,20,24,25). The van der Waals surface area contributed by atoms with Crippen molar-refractivity contribution in [2.45, 2.75) is 22.8 Å². The second kappa shape index (κ2) is 9.67. The van der Waals surface area contributed by atoms with E-state index in [1.54, 1.807) is 26.1 Å². The minimum Gasteiger partial charge on any atom is -0.383 e. The minimum atomic E-state index is -3.79. The van der Waals surface area contributed by atoms with Crippen LogP contribution in [0.15, 0.2) is 58.3 Å². The van der Waals surface area contributed by atoms with E-state index in [2.05, 4.69) is 4.72 Å². The molecule has 1 amide bonds. The van der Waals surface area contributed by atoms with Crippen LogP contribution in [0.5, 0.6) is 0 Å². The van der Waals surface area contributed by atoms with Crippen LogP contribution in [0.4, 0.5) is 0 Å². The molecule has 2 rings (SSSR count). The van der Waals surface area contributed by atoms with Gasteiger partial charge in [-0.3, -0.25) is 4.79 Å². The number of benzene rings is 2. The number of amides is 1.